The number of nitrogens with one attached hydrogen (secondary N) is 2. The zero-order valence-electron chi connectivity index (χ0n) is 21.1. The summed E-state index contributed by atoms with van der Waals surface area (Å²) in [6.07, 6.45) is 3.93. The van der Waals surface area contributed by atoms with Crippen molar-refractivity contribution in [2.45, 2.75) is 39.7 Å². The normalized spacial score (nSPS) is 14.6. The number of fused-ring (bicyclic) bond motifs is 1. The van der Waals surface area contributed by atoms with Crippen LogP contribution >= 0.6 is 22.9 Å². The van der Waals surface area contributed by atoms with Crippen LogP contribution in [0.4, 0.5) is 5.00 Å². The van der Waals surface area contributed by atoms with Gasteiger partial charge in [0, 0.05) is 9.90 Å². The van der Waals surface area contributed by atoms with Crippen molar-refractivity contribution < 1.29 is 23.9 Å². The largest absolute Gasteiger partial charge is 0.489 e. The third kappa shape index (κ3) is 6.99. The SMILES string of the molecule is CCOC(=O)c1c(NC(=O)C(=O)NN=Cc2ccc(OCc3ccc(Cl)cc3)cc2)sc2c1CCC(C)C2. The monoisotopic (exact) mass is 553 g/mol. The second-order valence-corrected chi connectivity index (χ2v) is 10.5. The summed E-state index contributed by atoms with van der Waals surface area (Å²) >= 11 is 7.22. The topological polar surface area (TPSA) is 106 Å². The van der Waals surface area contributed by atoms with Gasteiger partial charge in [-0.15, -0.1) is 11.3 Å². The van der Waals surface area contributed by atoms with Gasteiger partial charge in [-0.3, -0.25) is 9.59 Å². The Labute approximate surface area is 230 Å². The molecule has 1 aromatic heterocycles. The van der Waals surface area contributed by atoms with Gasteiger partial charge >= 0.3 is 17.8 Å². The molecule has 3 aromatic rings. The highest BCUT2D eigenvalue weighted by Gasteiger charge is 2.30. The number of thiophene rings is 1. The summed E-state index contributed by atoms with van der Waals surface area (Å²) in [5.41, 5.74) is 5.17. The molecular weight excluding hydrogens is 526 g/mol. The molecule has 1 aliphatic rings. The summed E-state index contributed by atoms with van der Waals surface area (Å²) in [5, 5.41) is 7.45. The van der Waals surface area contributed by atoms with Crippen LogP contribution < -0.4 is 15.5 Å². The van der Waals surface area contributed by atoms with Gasteiger partial charge < -0.3 is 14.8 Å². The molecule has 0 bridgehead atoms. The molecule has 2 amide bonds. The molecule has 0 aliphatic heterocycles. The number of hydrogen-bond acceptors (Lipinski definition) is 7. The van der Waals surface area contributed by atoms with Crippen molar-refractivity contribution in [2.24, 2.45) is 11.0 Å². The van der Waals surface area contributed by atoms with E-state index in [0.717, 1.165) is 35.3 Å². The van der Waals surface area contributed by atoms with Crippen LogP contribution in [0.1, 0.15) is 52.2 Å². The molecule has 8 nitrogen and oxygen atoms in total. The molecule has 2 aromatic carbocycles. The third-order valence-electron chi connectivity index (χ3n) is 6.00. The Morgan fingerprint density at radius 1 is 1.11 bits per heavy atom. The Morgan fingerprint density at radius 3 is 2.55 bits per heavy atom. The predicted molar refractivity (Wildman–Crippen MR) is 148 cm³/mol. The molecule has 0 radical (unpaired) electrons. The van der Waals surface area contributed by atoms with E-state index in [1.165, 1.54) is 17.6 Å². The molecule has 1 aliphatic carbocycles. The quantitative estimate of drug-likeness (QED) is 0.169. The number of ether oxygens (including phenoxy) is 2. The number of benzene rings is 2. The van der Waals surface area contributed by atoms with E-state index in [4.69, 9.17) is 21.1 Å². The second kappa shape index (κ2) is 12.7. The fraction of sp³-hybridized carbons (Fsp3) is 0.286. The number of esters is 1. The lowest BCUT2D eigenvalue weighted by molar-refractivity contribution is -0.136. The van der Waals surface area contributed by atoms with Gasteiger partial charge in [-0.1, -0.05) is 30.7 Å². The lowest BCUT2D eigenvalue weighted by Crippen LogP contribution is -2.32. The van der Waals surface area contributed by atoms with E-state index in [9.17, 15) is 14.4 Å². The fourth-order valence-electron chi connectivity index (χ4n) is 4.03. The molecule has 1 atom stereocenters. The van der Waals surface area contributed by atoms with Gasteiger partial charge in [0.1, 0.15) is 17.4 Å². The number of hydrogen-bond donors (Lipinski definition) is 2. The number of halogens is 1. The Kier molecular flexibility index (Phi) is 9.15. The number of carbonyl (C=O) groups excluding carboxylic acids is 3. The Hall–Kier alpha value is -3.69. The molecule has 10 heteroatoms. The first-order valence-corrected chi connectivity index (χ1v) is 13.5. The third-order valence-corrected chi connectivity index (χ3v) is 7.42. The van der Waals surface area contributed by atoms with Crippen molar-refractivity contribution in [1.82, 2.24) is 5.43 Å². The summed E-state index contributed by atoms with van der Waals surface area (Å²) in [7, 11) is 0. The van der Waals surface area contributed by atoms with Gasteiger partial charge in [-0.05, 0) is 85.2 Å². The number of anilines is 1. The van der Waals surface area contributed by atoms with Gasteiger partial charge in [0.2, 0.25) is 0 Å². The van der Waals surface area contributed by atoms with Gasteiger partial charge in [-0.25, -0.2) is 10.2 Å². The van der Waals surface area contributed by atoms with Gasteiger partial charge in [0.05, 0.1) is 18.4 Å². The molecule has 1 heterocycles. The molecule has 0 saturated heterocycles. The standard InChI is InChI=1S/C28H28ClN3O5S/c1-3-36-28(35)24-22-13-4-17(2)14-23(22)38-27(24)31-25(33)26(34)32-30-15-18-7-11-21(12-8-18)37-16-19-5-9-20(29)10-6-19/h5-12,15,17H,3-4,13-14,16H2,1-2H3,(H,31,33)(H,32,34). The van der Waals surface area contributed by atoms with Crippen LogP contribution in [0.5, 0.6) is 5.75 Å². The van der Waals surface area contributed by atoms with Crippen molar-refractivity contribution >= 4 is 51.9 Å². The van der Waals surface area contributed by atoms with E-state index >= 15 is 0 Å². The predicted octanol–water partition coefficient (Wildman–Crippen LogP) is 5.37. The molecule has 0 saturated carbocycles. The van der Waals surface area contributed by atoms with Crippen molar-refractivity contribution in [3.63, 3.8) is 0 Å². The van der Waals surface area contributed by atoms with Crippen molar-refractivity contribution in [3.8, 4) is 5.75 Å². The molecule has 0 fully saturated rings. The van der Waals surface area contributed by atoms with Gasteiger partial charge in [-0.2, -0.15) is 5.10 Å². The first kappa shape index (κ1) is 27.3. The summed E-state index contributed by atoms with van der Waals surface area (Å²) in [6.45, 7) is 4.50. The van der Waals surface area contributed by atoms with E-state index in [2.05, 4.69) is 22.8 Å². The van der Waals surface area contributed by atoms with Crippen molar-refractivity contribution in [2.75, 3.05) is 11.9 Å². The van der Waals surface area contributed by atoms with Gasteiger partial charge in [0.15, 0.2) is 0 Å². The number of amides is 2. The second-order valence-electron chi connectivity index (χ2n) is 8.91. The van der Waals surface area contributed by atoms with E-state index in [-0.39, 0.29) is 6.61 Å². The number of nitrogens with zero attached hydrogens (tertiary/aromatic N) is 1. The number of rotatable bonds is 8. The van der Waals surface area contributed by atoms with Crippen LogP contribution in [0.2, 0.25) is 5.02 Å². The van der Waals surface area contributed by atoms with E-state index in [0.29, 0.717) is 39.4 Å². The van der Waals surface area contributed by atoms with Crippen LogP contribution in [0.25, 0.3) is 0 Å². The molecular formula is C28H28ClN3O5S. The van der Waals surface area contributed by atoms with Gasteiger partial charge in [0.25, 0.3) is 0 Å². The van der Waals surface area contributed by atoms with Crippen LogP contribution in [-0.4, -0.2) is 30.6 Å². The number of hydrazone groups is 1. The summed E-state index contributed by atoms with van der Waals surface area (Å²) in [5.74, 6) is -1.19. The fourth-order valence-corrected chi connectivity index (χ4v) is 5.55. The Balaban J connectivity index is 1.32. The van der Waals surface area contributed by atoms with E-state index in [1.807, 2.05) is 24.3 Å². The highest BCUT2D eigenvalue weighted by atomic mass is 35.5. The van der Waals surface area contributed by atoms with Crippen molar-refractivity contribution in [3.05, 3.63) is 80.7 Å². The molecule has 2 N–H and O–H groups in total. The smallest absolute Gasteiger partial charge is 0.341 e. The van der Waals surface area contributed by atoms with E-state index in [1.54, 1.807) is 31.2 Å². The van der Waals surface area contributed by atoms with Crippen LogP contribution in [-0.2, 0) is 33.8 Å². The lowest BCUT2D eigenvalue weighted by Gasteiger charge is -2.18. The van der Waals surface area contributed by atoms with Crippen LogP contribution in [0.3, 0.4) is 0 Å². The Morgan fingerprint density at radius 2 is 1.84 bits per heavy atom. The zero-order valence-corrected chi connectivity index (χ0v) is 22.7. The maximum Gasteiger partial charge on any atom is 0.341 e. The highest BCUT2D eigenvalue weighted by molar-refractivity contribution is 7.17. The highest BCUT2D eigenvalue weighted by Crippen LogP contribution is 2.40. The Bertz CT molecular complexity index is 1340. The minimum absolute atomic E-state index is 0.220. The van der Waals surface area contributed by atoms with Crippen LogP contribution in [0, 0.1) is 5.92 Å². The molecule has 4 rings (SSSR count). The zero-order chi connectivity index (χ0) is 27.1. The molecule has 0 spiro atoms. The average molecular weight is 554 g/mol. The summed E-state index contributed by atoms with van der Waals surface area (Å²) in [4.78, 5) is 38.6. The average Bonchev–Trinajstić information content (AvgIpc) is 3.26. The maximum absolute atomic E-state index is 12.6. The minimum Gasteiger partial charge on any atom is -0.489 e. The number of carbonyl (C=O) groups is 3. The van der Waals surface area contributed by atoms with Crippen LogP contribution in [0.15, 0.2) is 53.6 Å². The maximum atomic E-state index is 12.6. The molecule has 1 unspecified atom stereocenters. The van der Waals surface area contributed by atoms with E-state index < -0.39 is 17.8 Å². The first-order chi connectivity index (χ1) is 18.3. The molecule has 38 heavy (non-hydrogen) atoms. The van der Waals surface area contributed by atoms with Crippen molar-refractivity contribution in [1.29, 1.82) is 0 Å². The first-order valence-electron chi connectivity index (χ1n) is 12.3. The minimum atomic E-state index is -0.946. The summed E-state index contributed by atoms with van der Waals surface area (Å²) < 4.78 is 11.0. The molecule has 198 valence electrons. The lowest BCUT2D eigenvalue weighted by atomic mass is 9.88. The summed E-state index contributed by atoms with van der Waals surface area (Å²) in [6, 6.07) is 14.5.